The second-order valence-electron chi connectivity index (χ2n) is 4.70. The van der Waals surface area contributed by atoms with E-state index in [0.717, 1.165) is 18.8 Å². The molecule has 0 heterocycles. The van der Waals surface area contributed by atoms with Crippen molar-refractivity contribution in [2.75, 3.05) is 5.73 Å². The van der Waals surface area contributed by atoms with Crippen LogP contribution in [0, 0.1) is 5.92 Å². The van der Waals surface area contributed by atoms with Crippen molar-refractivity contribution in [3.8, 4) is 11.5 Å². The zero-order valence-electron chi connectivity index (χ0n) is 9.65. The van der Waals surface area contributed by atoms with Crippen LogP contribution in [-0.4, -0.2) is 11.2 Å². The van der Waals surface area contributed by atoms with E-state index >= 15 is 0 Å². The van der Waals surface area contributed by atoms with E-state index in [2.05, 4.69) is 6.92 Å². The number of para-hydroxylation sites is 1. The Hall–Kier alpha value is -1.38. The molecule has 1 aromatic carbocycles. The van der Waals surface area contributed by atoms with Gasteiger partial charge in [0.15, 0.2) is 0 Å². The zero-order chi connectivity index (χ0) is 11.5. The van der Waals surface area contributed by atoms with Crippen LogP contribution in [0.5, 0.6) is 11.5 Å². The van der Waals surface area contributed by atoms with Gasteiger partial charge in [-0.2, -0.15) is 0 Å². The van der Waals surface area contributed by atoms with Gasteiger partial charge in [0.1, 0.15) is 17.2 Å². The summed E-state index contributed by atoms with van der Waals surface area (Å²) in [4.78, 5) is 0. The summed E-state index contributed by atoms with van der Waals surface area (Å²) in [6, 6.07) is 5.15. The Kier molecular flexibility index (Phi) is 3.22. The van der Waals surface area contributed by atoms with Crippen molar-refractivity contribution in [2.45, 2.75) is 38.7 Å². The largest absolute Gasteiger partial charge is 0.506 e. The van der Waals surface area contributed by atoms with Gasteiger partial charge >= 0.3 is 0 Å². The Labute approximate surface area is 96.2 Å². The third-order valence-corrected chi connectivity index (χ3v) is 3.23. The van der Waals surface area contributed by atoms with Crippen molar-refractivity contribution >= 4 is 5.69 Å². The molecule has 0 aliphatic heterocycles. The Morgan fingerprint density at radius 3 is 2.94 bits per heavy atom. The van der Waals surface area contributed by atoms with Crippen molar-refractivity contribution in [3.63, 3.8) is 0 Å². The monoisotopic (exact) mass is 221 g/mol. The maximum Gasteiger partial charge on any atom is 0.146 e. The van der Waals surface area contributed by atoms with Gasteiger partial charge in [0.2, 0.25) is 0 Å². The van der Waals surface area contributed by atoms with Gasteiger partial charge in [0, 0.05) is 0 Å². The average Bonchev–Trinajstić information content (AvgIpc) is 2.25. The van der Waals surface area contributed by atoms with Crippen molar-refractivity contribution < 1.29 is 9.84 Å². The quantitative estimate of drug-likeness (QED) is 0.596. The van der Waals surface area contributed by atoms with Gasteiger partial charge in [-0.25, -0.2) is 0 Å². The SMILES string of the molecule is CC1CCCC(Oc2cccc(O)c2N)C1. The second kappa shape index (κ2) is 4.64. The molecule has 0 aromatic heterocycles. The van der Waals surface area contributed by atoms with E-state index in [1.165, 1.54) is 12.8 Å². The lowest BCUT2D eigenvalue weighted by atomic mass is 9.89. The molecule has 1 saturated carbocycles. The first kappa shape index (κ1) is 11.1. The molecule has 0 radical (unpaired) electrons. The highest BCUT2D eigenvalue weighted by molar-refractivity contribution is 5.61. The lowest BCUT2D eigenvalue weighted by Gasteiger charge is -2.27. The predicted molar refractivity (Wildman–Crippen MR) is 64.6 cm³/mol. The standard InChI is InChI=1S/C13H19NO2/c1-9-4-2-5-10(8-9)16-12-7-3-6-11(15)13(12)14/h3,6-7,9-10,15H,2,4-5,8,14H2,1H3. The van der Waals surface area contributed by atoms with E-state index in [1.54, 1.807) is 12.1 Å². The minimum Gasteiger partial charge on any atom is -0.506 e. The van der Waals surface area contributed by atoms with Gasteiger partial charge < -0.3 is 15.6 Å². The summed E-state index contributed by atoms with van der Waals surface area (Å²) < 4.78 is 5.85. The van der Waals surface area contributed by atoms with Crippen LogP contribution in [0.1, 0.15) is 32.6 Å². The molecule has 1 aliphatic carbocycles. The van der Waals surface area contributed by atoms with Crippen molar-refractivity contribution in [3.05, 3.63) is 18.2 Å². The summed E-state index contributed by atoms with van der Waals surface area (Å²) in [6.07, 6.45) is 4.90. The van der Waals surface area contributed by atoms with Gasteiger partial charge in [-0.1, -0.05) is 19.4 Å². The molecule has 2 unspecified atom stereocenters. The normalized spacial score (nSPS) is 25.3. The Morgan fingerprint density at radius 2 is 2.19 bits per heavy atom. The number of anilines is 1. The predicted octanol–water partition coefficient (Wildman–Crippen LogP) is 2.93. The van der Waals surface area contributed by atoms with E-state index < -0.39 is 0 Å². The third-order valence-electron chi connectivity index (χ3n) is 3.23. The fourth-order valence-electron chi connectivity index (χ4n) is 2.30. The summed E-state index contributed by atoms with van der Waals surface area (Å²) in [7, 11) is 0. The molecule has 3 N–H and O–H groups in total. The van der Waals surface area contributed by atoms with E-state index in [1.807, 2.05) is 6.07 Å². The van der Waals surface area contributed by atoms with E-state index in [4.69, 9.17) is 10.5 Å². The summed E-state index contributed by atoms with van der Waals surface area (Å²) >= 11 is 0. The molecule has 0 spiro atoms. The van der Waals surface area contributed by atoms with Crippen LogP contribution >= 0.6 is 0 Å². The second-order valence-corrected chi connectivity index (χ2v) is 4.70. The molecule has 3 heteroatoms. The highest BCUT2D eigenvalue weighted by Crippen LogP contribution is 2.34. The fraction of sp³-hybridized carbons (Fsp3) is 0.538. The molecule has 2 atom stereocenters. The number of rotatable bonds is 2. The van der Waals surface area contributed by atoms with E-state index in [9.17, 15) is 5.11 Å². The Morgan fingerprint density at radius 1 is 1.38 bits per heavy atom. The number of aromatic hydroxyl groups is 1. The summed E-state index contributed by atoms with van der Waals surface area (Å²) in [5.74, 6) is 1.43. The van der Waals surface area contributed by atoms with Crippen molar-refractivity contribution in [1.82, 2.24) is 0 Å². The molecule has 2 rings (SSSR count). The fourth-order valence-corrected chi connectivity index (χ4v) is 2.30. The molecule has 3 nitrogen and oxygen atoms in total. The molecule has 0 saturated heterocycles. The first-order valence-corrected chi connectivity index (χ1v) is 5.91. The number of nitrogens with two attached hydrogens (primary N) is 1. The van der Waals surface area contributed by atoms with Gasteiger partial charge in [-0.15, -0.1) is 0 Å². The van der Waals surface area contributed by atoms with Crippen molar-refractivity contribution in [2.24, 2.45) is 5.92 Å². The number of hydrogen-bond acceptors (Lipinski definition) is 3. The first-order valence-electron chi connectivity index (χ1n) is 5.91. The van der Waals surface area contributed by atoms with Gasteiger partial charge in [0.05, 0.1) is 6.10 Å². The Bertz CT molecular complexity index is 365. The number of phenols is 1. The van der Waals surface area contributed by atoms with E-state index in [-0.39, 0.29) is 11.9 Å². The van der Waals surface area contributed by atoms with Gasteiger partial charge in [0.25, 0.3) is 0 Å². The number of nitrogen functional groups attached to an aromatic ring is 1. The molecule has 1 aliphatic rings. The lowest BCUT2D eigenvalue weighted by Crippen LogP contribution is -2.24. The minimum atomic E-state index is 0.0985. The smallest absolute Gasteiger partial charge is 0.146 e. The van der Waals surface area contributed by atoms with Crippen LogP contribution in [0.25, 0.3) is 0 Å². The summed E-state index contributed by atoms with van der Waals surface area (Å²) in [6.45, 7) is 2.25. The maximum absolute atomic E-state index is 9.48. The maximum atomic E-state index is 9.48. The minimum absolute atomic E-state index is 0.0985. The summed E-state index contributed by atoms with van der Waals surface area (Å²) in [5, 5.41) is 9.48. The number of hydrogen-bond donors (Lipinski definition) is 2. The highest BCUT2D eigenvalue weighted by atomic mass is 16.5. The zero-order valence-corrected chi connectivity index (χ0v) is 9.65. The highest BCUT2D eigenvalue weighted by Gasteiger charge is 2.21. The molecular formula is C13H19NO2. The van der Waals surface area contributed by atoms with Gasteiger partial charge in [-0.3, -0.25) is 0 Å². The van der Waals surface area contributed by atoms with Crippen molar-refractivity contribution in [1.29, 1.82) is 0 Å². The van der Waals surface area contributed by atoms with Crippen LogP contribution in [0.2, 0.25) is 0 Å². The van der Waals surface area contributed by atoms with Crippen LogP contribution in [-0.2, 0) is 0 Å². The number of ether oxygens (including phenoxy) is 1. The Balaban J connectivity index is 2.05. The lowest BCUT2D eigenvalue weighted by molar-refractivity contribution is 0.130. The molecule has 16 heavy (non-hydrogen) atoms. The molecule has 0 bridgehead atoms. The van der Waals surface area contributed by atoms with Crippen LogP contribution in [0.4, 0.5) is 5.69 Å². The van der Waals surface area contributed by atoms with Crippen LogP contribution in [0.3, 0.4) is 0 Å². The van der Waals surface area contributed by atoms with E-state index in [0.29, 0.717) is 11.4 Å². The molecular weight excluding hydrogens is 202 g/mol. The summed E-state index contributed by atoms with van der Waals surface area (Å²) in [5.41, 5.74) is 6.11. The van der Waals surface area contributed by atoms with Crippen LogP contribution < -0.4 is 10.5 Å². The molecule has 88 valence electrons. The number of benzene rings is 1. The van der Waals surface area contributed by atoms with Gasteiger partial charge in [-0.05, 0) is 37.3 Å². The molecule has 0 amide bonds. The first-order chi connectivity index (χ1) is 7.66. The number of phenolic OH excluding ortho intramolecular Hbond substituents is 1. The van der Waals surface area contributed by atoms with Crippen LogP contribution in [0.15, 0.2) is 18.2 Å². The molecule has 1 aromatic rings. The topological polar surface area (TPSA) is 55.5 Å². The average molecular weight is 221 g/mol. The third kappa shape index (κ3) is 2.40. The molecule has 1 fully saturated rings.